The lowest BCUT2D eigenvalue weighted by atomic mass is 9.98. The largest absolute Gasteiger partial charge is 0.337 e. The van der Waals surface area contributed by atoms with E-state index >= 15 is 0 Å². The second-order valence-corrected chi connectivity index (χ2v) is 8.80. The number of fused-ring (bicyclic) bond motifs is 1. The molecule has 1 unspecified atom stereocenters. The molecule has 3 rings (SSSR count). The summed E-state index contributed by atoms with van der Waals surface area (Å²) in [6.07, 6.45) is 6.17. The first kappa shape index (κ1) is 21.4. The van der Waals surface area contributed by atoms with Crippen molar-refractivity contribution in [1.82, 2.24) is 14.9 Å². The number of nitriles is 1. The summed E-state index contributed by atoms with van der Waals surface area (Å²) in [6, 6.07) is 9.56. The lowest BCUT2D eigenvalue weighted by Gasteiger charge is -2.22. The van der Waals surface area contributed by atoms with Gasteiger partial charge in [-0.1, -0.05) is 50.1 Å². The zero-order valence-electron chi connectivity index (χ0n) is 17.1. The minimum atomic E-state index is -0.811. The molecule has 1 amide bonds. The van der Waals surface area contributed by atoms with Crippen molar-refractivity contribution in [2.75, 3.05) is 5.75 Å². The Labute approximate surface area is 175 Å². The Hall–Kier alpha value is -2.33. The third-order valence-corrected chi connectivity index (χ3v) is 6.40. The van der Waals surface area contributed by atoms with Crippen LogP contribution >= 0.6 is 11.8 Å². The van der Waals surface area contributed by atoms with Crippen molar-refractivity contribution in [2.24, 2.45) is 5.92 Å². The minimum absolute atomic E-state index is 0.0603. The number of hydrogen-bond acceptors (Lipinski definition) is 5. The van der Waals surface area contributed by atoms with Gasteiger partial charge in [0, 0.05) is 6.54 Å². The number of nitrogens with one attached hydrogen (secondary N) is 1. The molecule has 1 aliphatic rings. The molecule has 0 bridgehead atoms. The molecule has 154 valence electrons. The number of benzene rings is 1. The van der Waals surface area contributed by atoms with E-state index in [4.69, 9.17) is 0 Å². The summed E-state index contributed by atoms with van der Waals surface area (Å²) in [5.41, 5.74) is -0.228. The summed E-state index contributed by atoms with van der Waals surface area (Å²) >= 11 is 1.26. The molecule has 1 atom stereocenters. The van der Waals surface area contributed by atoms with Gasteiger partial charge in [0.1, 0.15) is 5.54 Å². The zero-order chi connectivity index (χ0) is 20.9. The maximum atomic E-state index is 13.0. The normalized spacial score (nSPS) is 15.6. The van der Waals surface area contributed by atoms with E-state index in [0.717, 1.165) is 38.5 Å². The van der Waals surface area contributed by atoms with Crippen molar-refractivity contribution in [3.63, 3.8) is 0 Å². The van der Waals surface area contributed by atoms with Crippen LogP contribution in [0.5, 0.6) is 0 Å². The molecule has 29 heavy (non-hydrogen) atoms. The molecule has 7 heteroatoms. The van der Waals surface area contributed by atoms with Gasteiger partial charge < -0.3 is 5.32 Å². The number of unbranched alkanes of at least 4 members (excludes halogenated alkanes) is 3. The monoisotopic (exact) mass is 412 g/mol. The molecule has 0 spiro atoms. The van der Waals surface area contributed by atoms with E-state index in [2.05, 4.69) is 23.3 Å². The molecule has 1 heterocycles. The van der Waals surface area contributed by atoms with Gasteiger partial charge in [0.25, 0.3) is 5.56 Å². The first-order valence-electron chi connectivity index (χ1n) is 10.3. The van der Waals surface area contributed by atoms with Crippen LogP contribution in [-0.2, 0) is 11.3 Å². The standard InChI is InChI=1S/C22H28N4O2S/c1-3-4-5-8-13-26-20(28)17-9-6-7-10-18(17)24-21(26)29-14-19(27)25-22(2,15-23)16-11-12-16/h6-7,9-10,16H,3-5,8,11-14H2,1-2H3,(H,25,27). The number of thioether (sulfide) groups is 1. The molecule has 0 radical (unpaired) electrons. The van der Waals surface area contributed by atoms with Crippen LogP contribution in [-0.4, -0.2) is 26.8 Å². The number of amides is 1. The van der Waals surface area contributed by atoms with Crippen LogP contribution in [0.4, 0.5) is 0 Å². The third-order valence-electron chi connectivity index (χ3n) is 5.42. The van der Waals surface area contributed by atoms with Crippen LogP contribution in [0.3, 0.4) is 0 Å². The van der Waals surface area contributed by atoms with Crippen molar-refractivity contribution in [3.05, 3.63) is 34.6 Å². The number of aromatic nitrogens is 2. The molecule has 1 saturated carbocycles. The van der Waals surface area contributed by atoms with Gasteiger partial charge in [0.05, 0.1) is 22.7 Å². The van der Waals surface area contributed by atoms with Gasteiger partial charge in [-0.2, -0.15) is 5.26 Å². The molecule has 1 aliphatic carbocycles. The predicted molar refractivity (Wildman–Crippen MR) is 116 cm³/mol. The van der Waals surface area contributed by atoms with E-state index in [0.29, 0.717) is 22.6 Å². The quantitative estimate of drug-likeness (QED) is 0.363. The van der Waals surface area contributed by atoms with E-state index in [1.54, 1.807) is 17.6 Å². The summed E-state index contributed by atoms with van der Waals surface area (Å²) in [4.78, 5) is 30.1. The molecule has 6 nitrogen and oxygen atoms in total. The van der Waals surface area contributed by atoms with E-state index in [1.807, 2.05) is 18.2 Å². The van der Waals surface area contributed by atoms with Crippen molar-refractivity contribution in [1.29, 1.82) is 5.26 Å². The second-order valence-electron chi connectivity index (χ2n) is 7.85. The first-order chi connectivity index (χ1) is 14.0. The Bertz CT molecular complexity index is 977. The molecule has 0 aliphatic heterocycles. The summed E-state index contributed by atoms with van der Waals surface area (Å²) < 4.78 is 1.69. The molecular weight excluding hydrogens is 384 g/mol. The van der Waals surface area contributed by atoms with Crippen molar-refractivity contribution in [2.45, 2.75) is 69.6 Å². The molecule has 1 aromatic carbocycles. The molecule has 2 aromatic rings. The number of hydrogen-bond donors (Lipinski definition) is 1. The average molecular weight is 413 g/mol. The van der Waals surface area contributed by atoms with Crippen molar-refractivity contribution in [3.8, 4) is 6.07 Å². The molecule has 1 N–H and O–H groups in total. The Morgan fingerprint density at radius 1 is 1.34 bits per heavy atom. The number of carbonyl (C=O) groups excluding carboxylic acids is 1. The predicted octanol–water partition coefficient (Wildman–Crippen LogP) is 3.88. The highest BCUT2D eigenvalue weighted by Crippen LogP contribution is 2.39. The van der Waals surface area contributed by atoms with Crippen LogP contribution in [0.15, 0.2) is 34.2 Å². The lowest BCUT2D eigenvalue weighted by molar-refractivity contribution is -0.119. The molecule has 1 fully saturated rings. The number of nitrogens with zero attached hydrogens (tertiary/aromatic N) is 3. The van der Waals surface area contributed by atoms with Gasteiger partial charge in [0.15, 0.2) is 5.16 Å². The summed E-state index contributed by atoms with van der Waals surface area (Å²) in [5.74, 6) is 0.159. The van der Waals surface area contributed by atoms with Gasteiger partial charge in [-0.25, -0.2) is 4.98 Å². The smallest absolute Gasteiger partial charge is 0.262 e. The van der Waals surface area contributed by atoms with E-state index < -0.39 is 5.54 Å². The number of carbonyl (C=O) groups is 1. The van der Waals surface area contributed by atoms with Crippen LogP contribution in [0.1, 0.15) is 52.4 Å². The van der Waals surface area contributed by atoms with Gasteiger partial charge >= 0.3 is 0 Å². The van der Waals surface area contributed by atoms with Crippen molar-refractivity contribution < 1.29 is 4.79 Å². The first-order valence-corrected chi connectivity index (χ1v) is 11.3. The van der Waals surface area contributed by atoms with E-state index in [9.17, 15) is 14.9 Å². The highest BCUT2D eigenvalue weighted by molar-refractivity contribution is 7.99. The average Bonchev–Trinajstić information content (AvgIpc) is 3.57. The Kier molecular flexibility index (Phi) is 6.96. The van der Waals surface area contributed by atoms with E-state index in [1.165, 1.54) is 11.8 Å². The number of para-hydroxylation sites is 1. The maximum Gasteiger partial charge on any atom is 0.262 e. The lowest BCUT2D eigenvalue weighted by Crippen LogP contribution is -2.47. The van der Waals surface area contributed by atoms with Crippen LogP contribution in [0, 0.1) is 17.2 Å². The fraction of sp³-hybridized carbons (Fsp3) is 0.545. The van der Waals surface area contributed by atoms with Gasteiger partial charge in [-0.05, 0) is 44.2 Å². The Morgan fingerprint density at radius 2 is 2.10 bits per heavy atom. The SMILES string of the molecule is CCCCCCn1c(SCC(=O)NC(C)(C#N)C2CC2)nc2ccccc2c1=O. The summed E-state index contributed by atoms with van der Waals surface area (Å²) in [5, 5.41) is 13.5. The molecule has 1 aromatic heterocycles. The third kappa shape index (κ3) is 5.18. The highest BCUT2D eigenvalue weighted by Gasteiger charge is 2.42. The minimum Gasteiger partial charge on any atom is -0.337 e. The number of rotatable bonds is 10. The maximum absolute atomic E-state index is 13.0. The summed E-state index contributed by atoms with van der Waals surface area (Å²) in [7, 11) is 0. The fourth-order valence-corrected chi connectivity index (χ4v) is 4.31. The van der Waals surface area contributed by atoms with Crippen LogP contribution in [0.2, 0.25) is 0 Å². The van der Waals surface area contributed by atoms with Gasteiger partial charge in [-0.15, -0.1) is 0 Å². The van der Waals surface area contributed by atoms with Gasteiger partial charge in [0.2, 0.25) is 5.91 Å². The van der Waals surface area contributed by atoms with Crippen LogP contribution in [0.25, 0.3) is 10.9 Å². The van der Waals surface area contributed by atoms with Crippen molar-refractivity contribution >= 4 is 28.6 Å². The second kappa shape index (κ2) is 9.45. The van der Waals surface area contributed by atoms with Gasteiger partial charge in [-0.3, -0.25) is 14.2 Å². The Morgan fingerprint density at radius 3 is 2.79 bits per heavy atom. The fourth-order valence-electron chi connectivity index (χ4n) is 3.49. The van der Waals surface area contributed by atoms with E-state index in [-0.39, 0.29) is 23.1 Å². The topological polar surface area (TPSA) is 87.8 Å². The highest BCUT2D eigenvalue weighted by atomic mass is 32.2. The van der Waals surface area contributed by atoms with Crippen LogP contribution < -0.4 is 10.9 Å². The molecule has 0 saturated heterocycles. The summed E-state index contributed by atoms with van der Waals surface area (Å²) in [6.45, 7) is 4.53. The molecular formula is C22H28N4O2S. The Balaban J connectivity index is 1.76. The zero-order valence-corrected chi connectivity index (χ0v) is 17.9.